The smallest absolute Gasteiger partial charge is 0.253 e. The van der Waals surface area contributed by atoms with Crippen molar-refractivity contribution in [1.29, 1.82) is 0 Å². The molecule has 0 spiro atoms. The molecule has 0 radical (unpaired) electrons. The Kier molecular flexibility index (Phi) is 5.88. The Labute approximate surface area is 135 Å². The van der Waals surface area contributed by atoms with E-state index in [9.17, 15) is 9.59 Å². The van der Waals surface area contributed by atoms with Crippen LogP contribution in [0.3, 0.4) is 0 Å². The minimum Gasteiger partial charge on any atom is -0.364 e. The van der Waals surface area contributed by atoms with Gasteiger partial charge >= 0.3 is 0 Å². The highest BCUT2D eigenvalue weighted by atomic mass is 16.5. The Morgan fingerprint density at radius 2 is 1.70 bits per heavy atom. The van der Waals surface area contributed by atoms with Crippen LogP contribution >= 0.6 is 0 Å². The van der Waals surface area contributed by atoms with Crippen LogP contribution in [-0.4, -0.2) is 25.0 Å². The van der Waals surface area contributed by atoms with Gasteiger partial charge in [0, 0.05) is 7.05 Å². The summed E-state index contributed by atoms with van der Waals surface area (Å²) in [5.74, 6) is -0.545. The van der Waals surface area contributed by atoms with E-state index in [0.29, 0.717) is 17.9 Å². The number of nitrogens with one attached hydrogen (secondary N) is 2. The third-order valence-corrected chi connectivity index (χ3v) is 3.37. The minimum atomic E-state index is -0.632. The Morgan fingerprint density at radius 1 is 1.04 bits per heavy atom. The third kappa shape index (κ3) is 4.66. The van der Waals surface area contributed by atoms with E-state index in [-0.39, 0.29) is 11.8 Å². The quantitative estimate of drug-likeness (QED) is 0.861. The Morgan fingerprint density at radius 3 is 2.39 bits per heavy atom. The van der Waals surface area contributed by atoms with Crippen molar-refractivity contribution in [2.24, 2.45) is 0 Å². The molecule has 0 bridgehead atoms. The standard InChI is InChI=1S/C18H20N2O3/c1-13(23-12-14-8-4-3-5-9-14)17(21)20-16-11-7-6-10-15(16)18(22)19-2/h3-11,13H,12H2,1-2H3,(H,19,22)(H,20,21)/t13-/m1/s1. The molecule has 0 saturated heterocycles. The second-order valence-electron chi connectivity index (χ2n) is 5.05. The maximum absolute atomic E-state index is 12.2. The van der Waals surface area contributed by atoms with Crippen molar-refractivity contribution >= 4 is 17.5 Å². The van der Waals surface area contributed by atoms with Gasteiger partial charge in [0.2, 0.25) is 0 Å². The molecular weight excluding hydrogens is 292 g/mol. The molecule has 5 nitrogen and oxygen atoms in total. The summed E-state index contributed by atoms with van der Waals surface area (Å²) in [5.41, 5.74) is 1.88. The molecule has 0 heterocycles. The van der Waals surface area contributed by atoms with Gasteiger partial charge in [-0.25, -0.2) is 0 Å². The topological polar surface area (TPSA) is 67.4 Å². The normalized spacial score (nSPS) is 11.6. The van der Waals surface area contributed by atoms with Crippen molar-refractivity contribution in [3.63, 3.8) is 0 Å². The molecule has 0 saturated carbocycles. The molecule has 2 N–H and O–H groups in total. The number of amides is 2. The first-order valence-corrected chi connectivity index (χ1v) is 7.39. The van der Waals surface area contributed by atoms with E-state index in [1.165, 1.54) is 0 Å². The van der Waals surface area contributed by atoms with Crippen molar-refractivity contribution < 1.29 is 14.3 Å². The van der Waals surface area contributed by atoms with Crippen LogP contribution in [0, 0.1) is 0 Å². The number of carbonyl (C=O) groups excluding carboxylic acids is 2. The van der Waals surface area contributed by atoms with Crippen LogP contribution in [-0.2, 0) is 16.1 Å². The SMILES string of the molecule is CNC(=O)c1ccccc1NC(=O)[C@@H](C)OCc1ccccc1. The lowest BCUT2D eigenvalue weighted by Gasteiger charge is -2.15. The highest BCUT2D eigenvalue weighted by Gasteiger charge is 2.17. The Bertz CT molecular complexity index is 671. The molecule has 0 aromatic heterocycles. The van der Waals surface area contributed by atoms with Crippen LogP contribution in [0.4, 0.5) is 5.69 Å². The first-order chi connectivity index (χ1) is 11.1. The average molecular weight is 312 g/mol. The summed E-state index contributed by atoms with van der Waals surface area (Å²) in [6.07, 6.45) is -0.632. The molecule has 2 amide bonds. The van der Waals surface area contributed by atoms with Gasteiger partial charge in [0.15, 0.2) is 0 Å². The van der Waals surface area contributed by atoms with Gasteiger partial charge in [-0.15, -0.1) is 0 Å². The Balaban J connectivity index is 1.97. The monoisotopic (exact) mass is 312 g/mol. The van der Waals surface area contributed by atoms with Crippen molar-refractivity contribution in [2.75, 3.05) is 12.4 Å². The van der Waals surface area contributed by atoms with E-state index in [4.69, 9.17) is 4.74 Å². The molecule has 0 unspecified atom stereocenters. The number of rotatable bonds is 6. The number of hydrogen-bond donors (Lipinski definition) is 2. The maximum Gasteiger partial charge on any atom is 0.253 e. The van der Waals surface area contributed by atoms with Gasteiger partial charge < -0.3 is 15.4 Å². The number of anilines is 1. The molecule has 5 heteroatoms. The molecule has 0 fully saturated rings. The number of carbonyl (C=O) groups is 2. The fourth-order valence-electron chi connectivity index (χ4n) is 2.03. The highest BCUT2D eigenvalue weighted by Crippen LogP contribution is 2.15. The van der Waals surface area contributed by atoms with Gasteiger partial charge in [0.05, 0.1) is 17.9 Å². The van der Waals surface area contributed by atoms with E-state index in [1.807, 2.05) is 30.3 Å². The summed E-state index contributed by atoms with van der Waals surface area (Å²) in [4.78, 5) is 24.0. The van der Waals surface area contributed by atoms with E-state index >= 15 is 0 Å². The lowest BCUT2D eigenvalue weighted by molar-refractivity contribution is -0.127. The van der Waals surface area contributed by atoms with E-state index < -0.39 is 6.10 Å². The average Bonchev–Trinajstić information content (AvgIpc) is 2.60. The van der Waals surface area contributed by atoms with Crippen molar-refractivity contribution in [2.45, 2.75) is 19.6 Å². The molecule has 0 aliphatic heterocycles. The van der Waals surface area contributed by atoms with E-state index in [1.54, 1.807) is 38.2 Å². The predicted octanol–water partition coefficient (Wildman–Crippen LogP) is 2.59. The van der Waals surface area contributed by atoms with Crippen LogP contribution in [0.1, 0.15) is 22.8 Å². The lowest BCUT2D eigenvalue weighted by atomic mass is 10.1. The third-order valence-electron chi connectivity index (χ3n) is 3.37. The number of ether oxygens (including phenoxy) is 1. The van der Waals surface area contributed by atoms with Crippen LogP contribution in [0.25, 0.3) is 0 Å². The number of benzene rings is 2. The summed E-state index contributed by atoms with van der Waals surface area (Å²) >= 11 is 0. The van der Waals surface area contributed by atoms with Gasteiger partial charge in [-0.1, -0.05) is 42.5 Å². The zero-order chi connectivity index (χ0) is 16.7. The lowest BCUT2D eigenvalue weighted by Crippen LogP contribution is -2.29. The second-order valence-corrected chi connectivity index (χ2v) is 5.05. The first-order valence-electron chi connectivity index (χ1n) is 7.39. The van der Waals surface area contributed by atoms with Crippen LogP contribution in [0.5, 0.6) is 0 Å². The first kappa shape index (κ1) is 16.7. The molecule has 2 aromatic carbocycles. The van der Waals surface area contributed by atoms with Gasteiger partial charge in [-0.2, -0.15) is 0 Å². The van der Waals surface area contributed by atoms with E-state index in [2.05, 4.69) is 10.6 Å². The zero-order valence-electron chi connectivity index (χ0n) is 13.2. The summed E-state index contributed by atoms with van der Waals surface area (Å²) in [7, 11) is 1.55. The van der Waals surface area contributed by atoms with E-state index in [0.717, 1.165) is 5.56 Å². The molecule has 23 heavy (non-hydrogen) atoms. The molecule has 0 aliphatic rings. The minimum absolute atomic E-state index is 0.251. The molecule has 1 atom stereocenters. The zero-order valence-corrected chi connectivity index (χ0v) is 13.2. The summed E-state index contributed by atoms with van der Waals surface area (Å²) in [6.45, 7) is 2.04. The molecule has 2 aromatic rings. The van der Waals surface area contributed by atoms with Gasteiger partial charge in [-0.05, 0) is 24.6 Å². The maximum atomic E-state index is 12.2. The van der Waals surface area contributed by atoms with Gasteiger partial charge in [-0.3, -0.25) is 9.59 Å². The molecule has 120 valence electrons. The summed E-state index contributed by atoms with van der Waals surface area (Å²) in [6, 6.07) is 16.5. The van der Waals surface area contributed by atoms with Crippen molar-refractivity contribution in [1.82, 2.24) is 5.32 Å². The summed E-state index contributed by atoms with van der Waals surface area (Å²) in [5, 5.41) is 5.29. The van der Waals surface area contributed by atoms with Crippen LogP contribution in [0.2, 0.25) is 0 Å². The number of hydrogen-bond acceptors (Lipinski definition) is 3. The Hall–Kier alpha value is -2.66. The summed E-state index contributed by atoms with van der Waals surface area (Å²) < 4.78 is 5.58. The predicted molar refractivity (Wildman–Crippen MR) is 89.2 cm³/mol. The van der Waals surface area contributed by atoms with Gasteiger partial charge in [0.25, 0.3) is 11.8 Å². The number of para-hydroxylation sites is 1. The van der Waals surface area contributed by atoms with Gasteiger partial charge in [0.1, 0.15) is 6.10 Å². The molecular formula is C18H20N2O3. The van der Waals surface area contributed by atoms with Crippen LogP contribution < -0.4 is 10.6 Å². The fourth-order valence-corrected chi connectivity index (χ4v) is 2.03. The molecule has 0 aliphatic carbocycles. The van der Waals surface area contributed by atoms with Crippen molar-refractivity contribution in [3.05, 3.63) is 65.7 Å². The highest BCUT2D eigenvalue weighted by molar-refractivity contribution is 6.04. The van der Waals surface area contributed by atoms with Crippen LogP contribution in [0.15, 0.2) is 54.6 Å². The largest absolute Gasteiger partial charge is 0.364 e. The molecule has 2 rings (SSSR count). The second kappa shape index (κ2) is 8.10. The van der Waals surface area contributed by atoms with Crippen molar-refractivity contribution in [3.8, 4) is 0 Å². The fraction of sp³-hybridized carbons (Fsp3) is 0.222.